The van der Waals surface area contributed by atoms with Crippen molar-refractivity contribution in [3.05, 3.63) is 11.1 Å². The van der Waals surface area contributed by atoms with Crippen molar-refractivity contribution < 1.29 is 28.7 Å². The molecule has 0 heterocycles. The first-order chi connectivity index (χ1) is 4.69. The van der Waals surface area contributed by atoms with Gasteiger partial charge in [0.2, 0.25) is 0 Å². The molecule has 6 nitrogen and oxygen atoms in total. The summed E-state index contributed by atoms with van der Waals surface area (Å²) in [6, 6.07) is 0. The molecule has 0 atom stereocenters. The van der Waals surface area contributed by atoms with Gasteiger partial charge in [-0.05, 0) is 6.92 Å². The Hall–Kier alpha value is 0.0400. The molecule has 0 saturated heterocycles. The predicted molar refractivity (Wildman–Crippen MR) is 37.8 cm³/mol. The van der Waals surface area contributed by atoms with Crippen LogP contribution in [0.15, 0.2) is 11.1 Å². The molecule has 4 N–H and O–H groups in total. The molecule has 0 spiro atoms. The van der Waals surface area contributed by atoms with E-state index in [4.69, 9.17) is 19.6 Å². The molecule has 0 aliphatic carbocycles. The van der Waals surface area contributed by atoms with Gasteiger partial charge in [-0.25, -0.2) is 0 Å². The highest BCUT2D eigenvalue weighted by Crippen LogP contribution is 2.63. The summed E-state index contributed by atoms with van der Waals surface area (Å²) in [6.07, 6.45) is 0.724. The molecule has 0 fully saturated rings. The molecule has 0 amide bonds. The zero-order valence-electron chi connectivity index (χ0n) is 5.58. The molecule has 0 aromatic carbocycles. The van der Waals surface area contributed by atoms with E-state index in [0.717, 1.165) is 13.0 Å². The molecule has 11 heavy (non-hydrogen) atoms. The molecule has 0 aliphatic rings. The lowest BCUT2D eigenvalue weighted by molar-refractivity contribution is 0.367. The minimum atomic E-state index is -4.80. The van der Waals surface area contributed by atoms with E-state index in [9.17, 15) is 9.13 Å². The number of rotatable bonds is 2. The Morgan fingerprint density at radius 3 is 1.36 bits per heavy atom. The molecular formula is C3H8O6P2. The van der Waals surface area contributed by atoms with Gasteiger partial charge in [0, 0.05) is 0 Å². The Morgan fingerprint density at radius 2 is 1.36 bits per heavy atom. The fourth-order valence-corrected chi connectivity index (χ4v) is 2.54. The van der Waals surface area contributed by atoms with Gasteiger partial charge in [-0.15, -0.1) is 0 Å². The van der Waals surface area contributed by atoms with Crippen LogP contribution in [0, 0.1) is 0 Å². The summed E-state index contributed by atoms with van der Waals surface area (Å²) < 4.78 is 20.7. The first-order valence-corrected chi connectivity index (χ1v) is 5.70. The Bertz CT molecular complexity index is 231. The van der Waals surface area contributed by atoms with Gasteiger partial charge in [0.05, 0.1) is 0 Å². The van der Waals surface area contributed by atoms with Crippen LogP contribution in [0.3, 0.4) is 0 Å². The van der Waals surface area contributed by atoms with Gasteiger partial charge in [-0.3, -0.25) is 9.13 Å². The Labute approximate surface area is 62.9 Å². The van der Waals surface area contributed by atoms with Crippen molar-refractivity contribution in [3.63, 3.8) is 0 Å². The van der Waals surface area contributed by atoms with Crippen molar-refractivity contribution in [2.75, 3.05) is 0 Å². The van der Waals surface area contributed by atoms with Crippen molar-refractivity contribution in [3.8, 4) is 0 Å². The second kappa shape index (κ2) is 3.19. The average Bonchev–Trinajstić information content (AvgIpc) is 1.56. The molecule has 0 saturated carbocycles. The number of hydrogen-bond donors (Lipinski definition) is 4. The summed E-state index contributed by atoms with van der Waals surface area (Å²) in [4.78, 5) is 33.5. The van der Waals surface area contributed by atoms with Crippen LogP contribution in [0.1, 0.15) is 6.92 Å². The highest BCUT2D eigenvalue weighted by atomic mass is 31.2. The summed E-state index contributed by atoms with van der Waals surface area (Å²) in [5.41, 5.74) is 0. The second-order valence-electron chi connectivity index (χ2n) is 1.73. The summed E-state index contributed by atoms with van der Waals surface area (Å²) in [5, 5.41) is -1.13. The SMILES string of the molecule is CC=C(P(=O)(O)O)P(=O)(O)O. The van der Waals surface area contributed by atoms with Crippen LogP contribution < -0.4 is 0 Å². The molecule has 8 heteroatoms. The summed E-state index contributed by atoms with van der Waals surface area (Å²) >= 11 is 0. The monoisotopic (exact) mass is 202 g/mol. The third-order valence-corrected chi connectivity index (χ3v) is 4.13. The zero-order valence-corrected chi connectivity index (χ0v) is 7.37. The lowest BCUT2D eigenvalue weighted by Crippen LogP contribution is -1.87. The predicted octanol–water partition coefficient (Wildman–Crippen LogP) is 0.203. The molecule has 0 bridgehead atoms. The molecule has 0 unspecified atom stereocenters. The first kappa shape index (κ1) is 11.0. The maximum absolute atomic E-state index is 10.3. The zero-order chi connectivity index (χ0) is 9.28. The van der Waals surface area contributed by atoms with Crippen LogP contribution >= 0.6 is 15.2 Å². The highest BCUT2D eigenvalue weighted by molar-refractivity contribution is 7.77. The highest BCUT2D eigenvalue weighted by Gasteiger charge is 2.34. The van der Waals surface area contributed by atoms with Gasteiger partial charge in [-0.1, -0.05) is 6.08 Å². The van der Waals surface area contributed by atoms with E-state index in [1.165, 1.54) is 0 Å². The average molecular weight is 202 g/mol. The molecule has 66 valence electrons. The van der Waals surface area contributed by atoms with Crippen molar-refractivity contribution in [1.29, 1.82) is 0 Å². The quantitative estimate of drug-likeness (QED) is 0.475. The number of hydrogen-bond acceptors (Lipinski definition) is 2. The summed E-state index contributed by atoms with van der Waals surface area (Å²) in [6.45, 7) is 1.15. The smallest absolute Gasteiger partial charge is 0.321 e. The van der Waals surface area contributed by atoms with E-state index < -0.39 is 20.2 Å². The van der Waals surface area contributed by atoms with Crippen molar-refractivity contribution in [2.24, 2.45) is 0 Å². The molecule has 0 radical (unpaired) electrons. The van der Waals surface area contributed by atoms with Crippen LogP contribution in [-0.4, -0.2) is 19.6 Å². The van der Waals surface area contributed by atoms with E-state index >= 15 is 0 Å². The largest absolute Gasteiger partial charge is 0.364 e. The van der Waals surface area contributed by atoms with Gasteiger partial charge < -0.3 is 19.6 Å². The molecule has 0 aromatic heterocycles. The van der Waals surface area contributed by atoms with E-state index in [-0.39, 0.29) is 0 Å². The Morgan fingerprint density at radius 1 is 1.09 bits per heavy atom. The van der Waals surface area contributed by atoms with Crippen molar-refractivity contribution in [2.45, 2.75) is 6.92 Å². The van der Waals surface area contributed by atoms with Crippen LogP contribution in [0.2, 0.25) is 0 Å². The normalized spacial score (nSPS) is 12.8. The topological polar surface area (TPSA) is 115 Å². The van der Waals surface area contributed by atoms with E-state index in [1.807, 2.05) is 0 Å². The molecule has 0 rings (SSSR count). The van der Waals surface area contributed by atoms with Crippen LogP contribution in [-0.2, 0) is 9.13 Å². The maximum Gasteiger partial charge on any atom is 0.364 e. The van der Waals surface area contributed by atoms with E-state index in [1.54, 1.807) is 0 Å². The lowest BCUT2D eigenvalue weighted by atomic mass is 10.8. The standard InChI is InChI=1S/C3H8O6P2/c1-2-3(10(4,5)6)11(7,8)9/h2H,1H3,(H2,4,5,6)(H2,7,8,9). The van der Waals surface area contributed by atoms with Gasteiger partial charge in [0.25, 0.3) is 0 Å². The van der Waals surface area contributed by atoms with Gasteiger partial charge in [0.1, 0.15) is 5.06 Å². The van der Waals surface area contributed by atoms with Gasteiger partial charge in [-0.2, -0.15) is 0 Å². The summed E-state index contributed by atoms with van der Waals surface area (Å²) in [7, 11) is -9.60. The maximum atomic E-state index is 10.3. The first-order valence-electron chi connectivity index (χ1n) is 2.48. The molecular weight excluding hydrogens is 194 g/mol. The Kier molecular flexibility index (Phi) is 3.20. The number of allylic oxidation sites excluding steroid dienone is 1. The fraction of sp³-hybridized carbons (Fsp3) is 0.333. The van der Waals surface area contributed by atoms with Crippen molar-refractivity contribution >= 4 is 15.2 Å². The van der Waals surface area contributed by atoms with Crippen LogP contribution in [0.25, 0.3) is 0 Å². The van der Waals surface area contributed by atoms with Crippen LogP contribution in [0.4, 0.5) is 0 Å². The molecule has 0 aromatic rings. The second-order valence-corrected chi connectivity index (χ2v) is 5.23. The van der Waals surface area contributed by atoms with Crippen molar-refractivity contribution in [1.82, 2.24) is 0 Å². The minimum Gasteiger partial charge on any atom is -0.321 e. The fourth-order valence-electron chi connectivity index (χ4n) is 0.506. The van der Waals surface area contributed by atoms with Gasteiger partial charge >= 0.3 is 15.2 Å². The Balaban J connectivity index is 5.07. The van der Waals surface area contributed by atoms with E-state index in [2.05, 4.69) is 0 Å². The summed E-state index contributed by atoms with van der Waals surface area (Å²) in [5.74, 6) is 0. The van der Waals surface area contributed by atoms with E-state index in [0.29, 0.717) is 0 Å². The van der Waals surface area contributed by atoms with Gasteiger partial charge in [0.15, 0.2) is 0 Å². The van der Waals surface area contributed by atoms with Crippen LogP contribution in [0.5, 0.6) is 0 Å². The third kappa shape index (κ3) is 3.29. The third-order valence-electron chi connectivity index (χ3n) is 0.855. The minimum absolute atomic E-state index is 0.724. The lowest BCUT2D eigenvalue weighted by Gasteiger charge is -2.09. The molecule has 0 aliphatic heterocycles.